The number of aromatic nitrogens is 4. The molecule has 4 aliphatic rings. The van der Waals surface area contributed by atoms with Crippen LogP contribution in [0.2, 0.25) is 0 Å². The molecule has 3 amide bonds. The molecule has 5 aromatic rings. The number of fused-ring (bicyclic) bond motifs is 2. The van der Waals surface area contributed by atoms with Crippen molar-refractivity contribution in [1.29, 1.82) is 0 Å². The van der Waals surface area contributed by atoms with E-state index in [0.29, 0.717) is 106 Å². The van der Waals surface area contributed by atoms with Gasteiger partial charge in [0.25, 0.3) is 0 Å². The number of Topliss-reactive ketones (excluding diaryl/α,β-unsaturated/α-hetero) is 1. The Kier molecular flexibility index (Phi) is 26.3. The topological polar surface area (TPSA) is 324 Å². The van der Waals surface area contributed by atoms with E-state index >= 15 is 44.7 Å². The molecule has 4 aliphatic heterocycles. The van der Waals surface area contributed by atoms with E-state index in [4.69, 9.17) is 14.0 Å². The predicted octanol–water partition coefficient (Wildman–Crippen LogP) is 9.73. The summed E-state index contributed by atoms with van der Waals surface area (Å²) in [6, 6.07) is 9.05. The number of nitrogens with zero attached hydrogens (tertiary/aromatic N) is 8. The van der Waals surface area contributed by atoms with Gasteiger partial charge in [-0.15, -0.1) is 0 Å². The molecule has 110 heavy (non-hydrogen) atoms. The number of rotatable bonds is 30. The number of hydrogen-bond donors (Lipinski definition) is 5. The van der Waals surface area contributed by atoms with Gasteiger partial charge in [-0.3, -0.25) is 48.9 Å². The Hall–Kier alpha value is -9.27. The summed E-state index contributed by atoms with van der Waals surface area (Å²) in [5.41, 5.74) is -7.07. The number of anilines is 1. The number of esters is 2. The molecule has 37 heteroatoms. The van der Waals surface area contributed by atoms with Crippen molar-refractivity contribution in [3.05, 3.63) is 124 Å². The quantitative estimate of drug-likeness (QED) is 0.00713. The third-order valence-electron chi connectivity index (χ3n) is 20.6. The molecule has 26 nitrogen and oxygen atoms in total. The van der Waals surface area contributed by atoms with Crippen molar-refractivity contribution in [3.8, 4) is 28.8 Å². The third-order valence-corrected chi connectivity index (χ3v) is 21.1. The number of carbonyl (C=O) groups is 7. The maximum atomic E-state index is 16.9. The average Bonchev–Trinajstić information content (AvgIpc) is 1.23. The Morgan fingerprint density at radius 3 is 1.94 bits per heavy atom. The highest BCUT2D eigenvalue weighted by Crippen LogP contribution is 2.48. The molecule has 0 radical (unpaired) electrons. The van der Waals surface area contributed by atoms with Crippen LogP contribution >= 0.6 is 7.82 Å². The second kappa shape index (κ2) is 34.1. The number of likely N-dealkylation sites (tertiary alicyclic amines) is 1. The van der Waals surface area contributed by atoms with Crippen molar-refractivity contribution < 1.29 is 120 Å². The number of carboxylic acids is 1. The van der Waals surface area contributed by atoms with Crippen molar-refractivity contribution in [1.82, 2.24) is 45.3 Å². The molecule has 0 spiro atoms. The van der Waals surface area contributed by atoms with E-state index in [0.717, 1.165) is 45.4 Å². The summed E-state index contributed by atoms with van der Waals surface area (Å²) >= 11 is 0. The van der Waals surface area contributed by atoms with Gasteiger partial charge >= 0.3 is 50.7 Å². The van der Waals surface area contributed by atoms with Gasteiger partial charge in [-0.25, -0.2) is 37.8 Å². The van der Waals surface area contributed by atoms with E-state index in [1.807, 2.05) is 5.32 Å². The molecular formula is C73H85F10N10O16P. The second-order valence-electron chi connectivity index (χ2n) is 29.7. The number of piperazine rings is 1. The van der Waals surface area contributed by atoms with E-state index in [9.17, 15) is 52.2 Å². The zero-order valence-corrected chi connectivity index (χ0v) is 62.3. The van der Waals surface area contributed by atoms with Crippen LogP contribution in [0.1, 0.15) is 126 Å². The molecule has 3 aromatic carbocycles. The molecular weight excluding hydrogens is 1490 g/mol. The lowest BCUT2D eigenvalue weighted by Gasteiger charge is -2.47. The highest BCUT2D eigenvalue weighted by atomic mass is 31.2. The Morgan fingerprint density at radius 1 is 0.782 bits per heavy atom. The van der Waals surface area contributed by atoms with Crippen molar-refractivity contribution >= 4 is 55.4 Å². The predicted molar refractivity (Wildman–Crippen MR) is 371 cm³/mol. The SMILES string of the molecule is COC(=O)C[C@H](C(=O)NN(Cc1c(F)cc(-c2ccn(C(F)F)n2)cc1F)C[C@H](OC(=O)CC(C)(C)c1c(CC(=O)N2CC[C@@H](C(=O)O)C2)cc(C)cc1OP(=O)(O)O)[C@@H](CC(=O)[C@@H](NC(=O)OC)C(C)(C)C(F)(F)F)Cc1ccc(C#Cc2cnc(N3CC4CCC(C3)N4C3COC3)nc2)cc1)C(C)(C)C(F)(F)F. The largest absolute Gasteiger partial charge is 0.524 e. The maximum Gasteiger partial charge on any atom is 0.524 e. The maximum absolute atomic E-state index is 16.9. The molecule has 4 saturated heterocycles. The standard InChI is InChI=1S/C73H85F10N10O16P/c1-40-22-47(28-59(95)89-20-18-44(33-89)65(99)100)62(57(23-40)109-110(102,103)104)69(2,3)30-61(97)108-58(37-91(88-64(98)52(29-60(96)105-8)70(4,5)72(78,79)80)36-51-53(74)25-45(26-54(51)75)55-19-21-92(87-55)66(76)77)46(27-56(94)63(86-68(101)106-9)71(6,7)73(81,82)83)24-42-13-10-41(11-14-42)12-15-43-31-84-67(85-32-43)90-34-48-16-17-49(35-90)93(48)50-38-107-39-50/h10-11,13-14,19,21-23,25-26,31-32,44,46,48-50,52,58,63,66H,16-18,20,24,27-30,33-39H2,1-9H3,(H,86,101)(H,88,98)(H,99,100)(H2,102,103,104)/t44-,46-,48?,49?,52-,58+,63-/m1/s1. The normalized spacial score (nSPS) is 18.4. The molecule has 0 saturated carbocycles. The fourth-order valence-electron chi connectivity index (χ4n) is 14.3. The van der Waals surface area contributed by atoms with Crippen LogP contribution in [0, 0.1) is 59.0 Å². The first-order valence-corrected chi connectivity index (χ1v) is 36.5. The minimum Gasteiger partial charge on any atom is -0.481 e. The summed E-state index contributed by atoms with van der Waals surface area (Å²) in [4.78, 5) is 133. The molecule has 0 aliphatic carbocycles. The van der Waals surface area contributed by atoms with E-state index in [-0.39, 0.29) is 46.4 Å². The number of nitrogens with one attached hydrogen (secondary N) is 2. The fraction of sp³-hybridized carbons (Fsp3) is 0.534. The molecule has 6 heterocycles. The Balaban J connectivity index is 1.17. The molecule has 7 atom stereocenters. The first-order chi connectivity index (χ1) is 51.4. The molecule has 9 rings (SSSR count). The van der Waals surface area contributed by atoms with Crippen LogP contribution in [-0.4, -0.2) is 194 Å². The highest BCUT2D eigenvalue weighted by Gasteiger charge is 2.58. The molecule has 2 aromatic heterocycles. The number of carboxylic acid groups (broad SMARTS) is 1. The number of aryl methyl sites for hydroxylation is 1. The third kappa shape index (κ3) is 20.5. The number of halogens is 10. The van der Waals surface area contributed by atoms with Gasteiger partial charge in [0.2, 0.25) is 17.8 Å². The number of hydrazine groups is 1. The van der Waals surface area contributed by atoms with Crippen molar-refractivity contribution in [2.75, 3.05) is 65.1 Å². The average molecular weight is 1580 g/mol. The lowest BCUT2D eigenvalue weighted by molar-refractivity contribution is -0.231. The number of carbonyl (C=O) groups excluding carboxylic acids is 6. The Labute approximate surface area is 626 Å². The molecule has 4 fully saturated rings. The summed E-state index contributed by atoms with van der Waals surface area (Å²) in [6.07, 6.45) is -13.1. The van der Waals surface area contributed by atoms with Crippen LogP contribution in [0.5, 0.6) is 5.75 Å². The van der Waals surface area contributed by atoms with Gasteiger partial charge in [-0.2, -0.15) is 40.2 Å². The monoisotopic (exact) mass is 1580 g/mol. The highest BCUT2D eigenvalue weighted by molar-refractivity contribution is 7.46. The summed E-state index contributed by atoms with van der Waals surface area (Å²) in [5, 5.41) is 15.8. The smallest absolute Gasteiger partial charge is 0.481 e. The number of phosphoric ester groups is 1. The number of amides is 3. The van der Waals surface area contributed by atoms with E-state index in [1.165, 1.54) is 56.0 Å². The minimum atomic E-state index is -5.56. The van der Waals surface area contributed by atoms with Crippen LogP contribution in [0.3, 0.4) is 0 Å². The number of aliphatic carboxylic acids is 1. The van der Waals surface area contributed by atoms with Gasteiger partial charge in [0.15, 0.2) is 5.78 Å². The summed E-state index contributed by atoms with van der Waals surface area (Å²) in [7, 11) is -3.98. The van der Waals surface area contributed by atoms with Crippen LogP contribution in [0.4, 0.5) is 54.6 Å². The van der Waals surface area contributed by atoms with Gasteiger partial charge in [0.05, 0.1) is 93.2 Å². The zero-order chi connectivity index (χ0) is 80.9. The van der Waals surface area contributed by atoms with Crippen LogP contribution < -0.4 is 20.2 Å². The van der Waals surface area contributed by atoms with Crippen LogP contribution in [0.25, 0.3) is 11.3 Å². The zero-order valence-electron chi connectivity index (χ0n) is 61.4. The van der Waals surface area contributed by atoms with Gasteiger partial charge in [0.1, 0.15) is 29.5 Å². The molecule has 2 bridgehead atoms. The molecule has 5 N–H and O–H groups in total. The first-order valence-electron chi connectivity index (χ1n) is 34.9. The van der Waals surface area contributed by atoms with E-state index in [1.54, 1.807) is 12.4 Å². The number of hydrogen-bond acceptors (Lipinski definition) is 19. The van der Waals surface area contributed by atoms with Gasteiger partial charge in [-0.1, -0.05) is 57.7 Å². The molecule has 2 unspecified atom stereocenters. The summed E-state index contributed by atoms with van der Waals surface area (Å²) in [5.74, 6) is -10.2. The second-order valence-corrected chi connectivity index (χ2v) is 30.8. The number of ether oxygens (including phenoxy) is 4. The Bertz CT molecular complexity index is 4300. The van der Waals surface area contributed by atoms with Crippen molar-refractivity contribution in [2.24, 2.45) is 28.6 Å². The Morgan fingerprint density at radius 2 is 1.40 bits per heavy atom. The number of methoxy groups -OCH3 is 2. The number of phosphoric acid groups is 1. The van der Waals surface area contributed by atoms with Crippen molar-refractivity contribution in [3.63, 3.8) is 0 Å². The number of benzene rings is 3. The minimum absolute atomic E-state index is 0.0134. The van der Waals surface area contributed by atoms with Crippen molar-refractivity contribution in [2.45, 2.75) is 161 Å². The summed E-state index contributed by atoms with van der Waals surface area (Å²) in [6.45, 7) is 3.11. The lowest BCUT2D eigenvalue weighted by atomic mass is 9.75. The fourth-order valence-corrected chi connectivity index (χ4v) is 14.7. The van der Waals surface area contributed by atoms with Crippen LogP contribution in [0.15, 0.2) is 73.2 Å². The van der Waals surface area contributed by atoms with E-state index in [2.05, 4.69) is 51.6 Å². The van der Waals surface area contributed by atoms with Gasteiger partial charge < -0.3 is 43.7 Å². The number of alkyl halides is 8. The van der Waals surface area contributed by atoms with Crippen LogP contribution in [-0.2, 0) is 77.1 Å². The first kappa shape index (κ1) is 84.7. The van der Waals surface area contributed by atoms with Gasteiger partial charge in [-0.05, 0) is 99.5 Å². The lowest BCUT2D eigenvalue weighted by Crippen LogP contribution is -2.62. The van der Waals surface area contributed by atoms with Gasteiger partial charge in [0, 0.05) is 103 Å². The summed E-state index contributed by atoms with van der Waals surface area (Å²) < 4.78 is 192. The molecule has 598 valence electrons. The number of ketones is 1. The van der Waals surface area contributed by atoms with E-state index < -0.39 is 194 Å². The number of alkyl carbamates (subject to hydrolysis) is 1.